The Balaban J connectivity index is 2.34. The highest BCUT2D eigenvalue weighted by Crippen LogP contribution is 2.45. The molecule has 2 rings (SSSR count). The Morgan fingerprint density at radius 1 is 1.24 bits per heavy atom. The SMILES string of the molecule is CC(C)N1CC[C@](O)(C(F)(F)F)C[C@@H]1c1ccc(F)cc1. The van der Waals surface area contributed by atoms with E-state index in [4.69, 9.17) is 0 Å². The smallest absolute Gasteiger partial charge is 0.380 e. The van der Waals surface area contributed by atoms with Gasteiger partial charge in [-0.2, -0.15) is 13.2 Å². The molecule has 6 heteroatoms. The van der Waals surface area contributed by atoms with Gasteiger partial charge in [-0.15, -0.1) is 0 Å². The molecule has 21 heavy (non-hydrogen) atoms. The summed E-state index contributed by atoms with van der Waals surface area (Å²) in [5, 5.41) is 9.97. The molecule has 2 atom stereocenters. The molecule has 0 bridgehead atoms. The lowest BCUT2D eigenvalue weighted by atomic mass is 9.82. The third-order valence-electron chi connectivity index (χ3n) is 4.16. The Morgan fingerprint density at radius 2 is 1.81 bits per heavy atom. The number of alkyl halides is 3. The van der Waals surface area contributed by atoms with E-state index in [1.807, 2.05) is 18.7 Å². The van der Waals surface area contributed by atoms with Crippen molar-refractivity contribution in [1.29, 1.82) is 0 Å². The second kappa shape index (κ2) is 5.57. The second-order valence-corrected chi connectivity index (χ2v) is 5.88. The molecule has 1 aromatic carbocycles. The van der Waals surface area contributed by atoms with Crippen LogP contribution in [-0.2, 0) is 0 Å². The molecule has 0 aromatic heterocycles. The first-order chi connectivity index (χ1) is 9.64. The maximum Gasteiger partial charge on any atom is 0.417 e. The lowest BCUT2D eigenvalue weighted by Gasteiger charge is -2.46. The number of piperidine rings is 1. The number of hydrogen-bond acceptors (Lipinski definition) is 2. The van der Waals surface area contributed by atoms with Gasteiger partial charge in [-0.3, -0.25) is 4.90 Å². The molecular formula is C15H19F4NO. The Bertz CT molecular complexity index is 485. The van der Waals surface area contributed by atoms with Gasteiger partial charge in [0.1, 0.15) is 5.82 Å². The van der Waals surface area contributed by atoms with Crippen molar-refractivity contribution in [1.82, 2.24) is 4.90 Å². The first-order valence-electron chi connectivity index (χ1n) is 6.94. The highest BCUT2D eigenvalue weighted by Gasteiger charge is 2.57. The van der Waals surface area contributed by atoms with E-state index in [9.17, 15) is 22.7 Å². The van der Waals surface area contributed by atoms with Crippen LogP contribution in [0.5, 0.6) is 0 Å². The van der Waals surface area contributed by atoms with Gasteiger partial charge in [0.2, 0.25) is 0 Å². The summed E-state index contributed by atoms with van der Waals surface area (Å²) in [4.78, 5) is 1.91. The molecule has 0 saturated carbocycles. The molecule has 1 saturated heterocycles. The van der Waals surface area contributed by atoms with Crippen molar-refractivity contribution in [2.45, 2.75) is 50.6 Å². The number of likely N-dealkylation sites (tertiary alicyclic amines) is 1. The van der Waals surface area contributed by atoms with Crippen LogP contribution in [0.3, 0.4) is 0 Å². The average molecular weight is 305 g/mol. The summed E-state index contributed by atoms with van der Waals surface area (Å²) in [6.45, 7) is 3.94. The van der Waals surface area contributed by atoms with E-state index in [0.29, 0.717) is 5.56 Å². The van der Waals surface area contributed by atoms with Gasteiger partial charge in [-0.05, 0) is 38.0 Å². The number of benzene rings is 1. The standard InChI is InChI=1S/C15H19F4NO/c1-10(2)20-8-7-14(21,15(17,18)19)9-13(20)11-3-5-12(16)6-4-11/h3-6,10,13,21H,7-9H2,1-2H3/t13-,14-/m1/s1. The predicted molar refractivity (Wildman–Crippen MR) is 71.2 cm³/mol. The molecule has 0 spiro atoms. The summed E-state index contributed by atoms with van der Waals surface area (Å²) in [6.07, 6.45) is -5.43. The normalized spacial score (nSPS) is 28.1. The minimum Gasteiger partial charge on any atom is -0.380 e. The predicted octanol–water partition coefficient (Wildman–Crippen LogP) is 3.66. The largest absolute Gasteiger partial charge is 0.417 e. The summed E-state index contributed by atoms with van der Waals surface area (Å²) in [5.41, 5.74) is -2.09. The second-order valence-electron chi connectivity index (χ2n) is 5.88. The lowest BCUT2D eigenvalue weighted by molar-refractivity contribution is -0.279. The molecule has 1 fully saturated rings. The molecule has 0 radical (unpaired) electrons. The van der Waals surface area contributed by atoms with Crippen molar-refractivity contribution in [3.8, 4) is 0 Å². The Labute approximate surface area is 121 Å². The van der Waals surface area contributed by atoms with Gasteiger partial charge < -0.3 is 5.11 Å². The van der Waals surface area contributed by atoms with Crippen LogP contribution in [0.15, 0.2) is 24.3 Å². The first kappa shape index (κ1) is 16.2. The quantitative estimate of drug-likeness (QED) is 0.843. The Morgan fingerprint density at radius 3 is 2.29 bits per heavy atom. The first-order valence-corrected chi connectivity index (χ1v) is 6.94. The molecule has 1 aromatic rings. The van der Waals surface area contributed by atoms with Crippen LogP contribution in [0, 0.1) is 5.82 Å². The minimum absolute atomic E-state index is 0.0397. The fourth-order valence-electron chi connectivity index (χ4n) is 2.88. The Hall–Kier alpha value is -1.14. The van der Waals surface area contributed by atoms with Crippen LogP contribution in [0.2, 0.25) is 0 Å². The van der Waals surface area contributed by atoms with E-state index in [0.717, 1.165) is 0 Å². The maximum atomic E-state index is 13.1. The van der Waals surface area contributed by atoms with Gasteiger partial charge in [-0.25, -0.2) is 4.39 Å². The van der Waals surface area contributed by atoms with Crippen LogP contribution in [-0.4, -0.2) is 34.4 Å². The van der Waals surface area contributed by atoms with Crippen molar-refractivity contribution in [3.63, 3.8) is 0 Å². The van der Waals surface area contributed by atoms with E-state index < -0.39 is 30.1 Å². The van der Waals surface area contributed by atoms with Crippen LogP contribution in [0.4, 0.5) is 17.6 Å². The van der Waals surface area contributed by atoms with Crippen molar-refractivity contribution in [2.75, 3.05) is 6.54 Å². The molecule has 1 aliphatic rings. The molecule has 1 heterocycles. The van der Waals surface area contributed by atoms with Crippen molar-refractivity contribution >= 4 is 0 Å². The highest BCUT2D eigenvalue weighted by molar-refractivity contribution is 5.22. The van der Waals surface area contributed by atoms with E-state index >= 15 is 0 Å². The van der Waals surface area contributed by atoms with E-state index in [-0.39, 0.29) is 19.0 Å². The number of rotatable bonds is 2. The minimum atomic E-state index is -4.66. The van der Waals surface area contributed by atoms with Gasteiger partial charge in [0.15, 0.2) is 5.60 Å². The van der Waals surface area contributed by atoms with Gasteiger partial charge >= 0.3 is 6.18 Å². The van der Waals surface area contributed by atoms with Gasteiger partial charge in [0.05, 0.1) is 0 Å². The topological polar surface area (TPSA) is 23.5 Å². The van der Waals surface area contributed by atoms with Crippen molar-refractivity contribution < 1.29 is 22.7 Å². The summed E-state index contributed by atoms with van der Waals surface area (Å²) in [5.74, 6) is -0.434. The summed E-state index contributed by atoms with van der Waals surface area (Å²) >= 11 is 0. The average Bonchev–Trinajstić information content (AvgIpc) is 2.38. The molecule has 2 nitrogen and oxygen atoms in total. The fourth-order valence-corrected chi connectivity index (χ4v) is 2.88. The van der Waals surface area contributed by atoms with Crippen LogP contribution >= 0.6 is 0 Å². The number of halogens is 4. The zero-order valence-electron chi connectivity index (χ0n) is 12.0. The molecular weight excluding hydrogens is 286 g/mol. The molecule has 1 aliphatic heterocycles. The van der Waals surface area contributed by atoms with Gasteiger partial charge in [-0.1, -0.05) is 12.1 Å². The zero-order valence-corrected chi connectivity index (χ0v) is 12.0. The van der Waals surface area contributed by atoms with E-state index in [1.54, 1.807) is 0 Å². The lowest BCUT2D eigenvalue weighted by Crippen LogP contribution is -2.55. The van der Waals surface area contributed by atoms with Crippen molar-refractivity contribution in [3.05, 3.63) is 35.6 Å². The zero-order chi connectivity index (χ0) is 15.8. The number of aliphatic hydroxyl groups is 1. The summed E-state index contributed by atoms with van der Waals surface area (Å²) in [6, 6.07) is 4.89. The van der Waals surface area contributed by atoms with Crippen LogP contribution in [0.25, 0.3) is 0 Å². The van der Waals surface area contributed by atoms with Crippen LogP contribution in [0.1, 0.15) is 38.3 Å². The maximum absolute atomic E-state index is 13.1. The monoisotopic (exact) mass is 305 g/mol. The van der Waals surface area contributed by atoms with E-state index in [1.165, 1.54) is 24.3 Å². The fraction of sp³-hybridized carbons (Fsp3) is 0.600. The van der Waals surface area contributed by atoms with Crippen molar-refractivity contribution in [2.24, 2.45) is 0 Å². The third kappa shape index (κ3) is 3.21. The molecule has 0 unspecified atom stereocenters. The van der Waals surface area contributed by atoms with E-state index in [2.05, 4.69) is 0 Å². The van der Waals surface area contributed by atoms with Gasteiger partial charge in [0, 0.05) is 25.0 Å². The highest BCUT2D eigenvalue weighted by atomic mass is 19.4. The Kier molecular flexibility index (Phi) is 4.31. The molecule has 118 valence electrons. The summed E-state index contributed by atoms with van der Waals surface area (Å²) < 4.78 is 52.2. The molecule has 1 N–H and O–H groups in total. The number of nitrogens with zero attached hydrogens (tertiary/aromatic N) is 1. The number of hydrogen-bond donors (Lipinski definition) is 1. The van der Waals surface area contributed by atoms with Gasteiger partial charge in [0.25, 0.3) is 0 Å². The molecule has 0 aliphatic carbocycles. The molecule has 0 amide bonds. The summed E-state index contributed by atoms with van der Waals surface area (Å²) in [7, 11) is 0. The third-order valence-corrected chi connectivity index (χ3v) is 4.16. The van der Waals surface area contributed by atoms with Crippen LogP contribution < -0.4 is 0 Å².